The van der Waals surface area contributed by atoms with Gasteiger partial charge in [0, 0.05) is 18.8 Å². The van der Waals surface area contributed by atoms with E-state index in [1.165, 1.54) is 29.0 Å². The first-order valence-corrected chi connectivity index (χ1v) is 6.15. The minimum atomic E-state index is -0.570. The van der Waals surface area contributed by atoms with Gasteiger partial charge < -0.3 is 4.57 Å². The van der Waals surface area contributed by atoms with Crippen molar-refractivity contribution < 1.29 is 4.39 Å². The molecule has 0 radical (unpaired) electrons. The lowest BCUT2D eigenvalue weighted by molar-refractivity contribution is 0.593. The first kappa shape index (κ1) is 13.5. The van der Waals surface area contributed by atoms with E-state index in [-0.39, 0.29) is 11.6 Å². The van der Waals surface area contributed by atoms with Crippen molar-refractivity contribution in [1.82, 2.24) is 9.13 Å². The Balaban J connectivity index is 2.53. The summed E-state index contributed by atoms with van der Waals surface area (Å²) in [7, 11) is 0. The van der Waals surface area contributed by atoms with Gasteiger partial charge in [-0.25, -0.2) is 9.18 Å². The molecule has 0 spiro atoms. The van der Waals surface area contributed by atoms with E-state index in [4.69, 9.17) is 11.6 Å². The van der Waals surface area contributed by atoms with Crippen LogP contribution in [-0.4, -0.2) is 9.13 Å². The SMILES string of the molecule is CCn1ccc(=O)n(Cc2cccc(F)c2Cl)c1=O. The molecule has 0 saturated heterocycles. The Hall–Kier alpha value is -1.88. The second kappa shape index (κ2) is 5.40. The van der Waals surface area contributed by atoms with Crippen molar-refractivity contribution in [1.29, 1.82) is 0 Å². The molecule has 0 fully saturated rings. The quantitative estimate of drug-likeness (QED) is 0.863. The number of rotatable bonds is 3. The highest BCUT2D eigenvalue weighted by molar-refractivity contribution is 6.31. The molecule has 0 amide bonds. The second-order valence-corrected chi connectivity index (χ2v) is 4.40. The minimum absolute atomic E-state index is 0.0465. The normalized spacial score (nSPS) is 10.7. The third-order valence-corrected chi connectivity index (χ3v) is 3.26. The smallest absolute Gasteiger partial charge is 0.301 e. The summed E-state index contributed by atoms with van der Waals surface area (Å²) in [5.74, 6) is -0.570. The monoisotopic (exact) mass is 282 g/mol. The van der Waals surface area contributed by atoms with Crippen molar-refractivity contribution in [3.05, 3.63) is 67.7 Å². The number of aromatic nitrogens is 2. The third kappa shape index (κ3) is 2.61. The summed E-state index contributed by atoms with van der Waals surface area (Å²) >= 11 is 5.82. The van der Waals surface area contributed by atoms with E-state index >= 15 is 0 Å². The average molecular weight is 283 g/mol. The first-order valence-electron chi connectivity index (χ1n) is 5.77. The van der Waals surface area contributed by atoms with Crippen molar-refractivity contribution in [3.63, 3.8) is 0 Å². The van der Waals surface area contributed by atoms with Gasteiger partial charge in [-0.1, -0.05) is 23.7 Å². The van der Waals surface area contributed by atoms with E-state index in [2.05, 4.69) is 0 Å². The lowest BCUT2D eigenvalue weighted by Gasteiger charge is -2.09. The third-order valence-electron chi connectivity index (χ3n) is 2.84. The van der Waals surface area contributed by atoms with E-state index < -0.39 is 17.1 Å². The summed E-state index contributed by atoms with van der Waals surface area (Å²) in [6.07, 6.45) is 1.44. The summed E-state index contributed by atoms with van der Waals surface area (Å²) in [6.45, 7) is 2.20. The maximum absolute atomic E-state index is 13.3. The topological polar surface area (TPSA) is 44.0 Å². The van der Waals surface area contributed by atoms with Crippen molar-refractivity contribution in [2.45, 2.75) is 20.0 Å². The zero-order chi connectivity index (χ0) is 14.0. The molecule has 0 saturated carbocycles. The van der Waals surface area contributed by atoms with Crippen LogP contribution in [0.4, 0.5) is 4.39 Å². The number of nitrogens with zero attached hydrogens (tertiary/aromatic N) is 2. The number of halogens is 2. The molecule has 0 bridgehead atoms. The Morgan fingerprint density at radius 3 is 2.68 bits per heavy atom. The van der Waals surface area contributed by atoms with E-state index in [1.807, 2.05) is 0 Å². The summed E-state index contributed by atoms with van der Waals surface area (Å²) in [6, 6.07) is 5.60. The van der Waals surface area contributed by atoms with Crippen LogP contribution in [0.15, 0.2) is 40.1 Å². The molecule has 0 aliphatic heterocycles. The molecule has 2 aromatic rings. The summed E-state index contributed by atoms with van der Waals surface area (Å²) in [4.78, 5) is 23.7. The van der Waals surface area contributed by atoms with Gasteiger partial charge in [-0.05, 0) is 18.6 Å². The minimum Gasteiger partial charge on any atom is -0.301 e. The van der Waals surface area contributed by atoms with Crippen LogP contribution in [0.5, 0.6) is 0 Å². The Morgan fingerprint density at radius 2 is 2.00 bits per heavy atom. The Kier molecular flexibility index (Phi) is 3.85. The number of aryl methyl sites for hydroxylation is 1. The molecule has 0 aliphatic rings. The zero-order valence-electron chi connectivity index (χ0n) is 10.3. The van der Waals surface area contributed by atoms with Crippen molar-refractivity contribution >= 4 is 11.6 Å². The standard InChI is InChI=1S/C13H12ClFN2O2/c1-2-16-7-6-11(18)17(13(16)19)8-9-4-3-5-10(15)12(9)14/h3-7H,2,8H2,1H3. The summed E-state index contributed by atoms with van der Waals surface area (Å²) < 4.78 is 15.8. The van der Waals surface area contributed by atoms with Crippen LogP contribution in [0.3, 0.4) is 0 Å². The highest BCUT2D eigenvalue weighted by atomic mass is 35.5. The second-order valence-electron chi connectivity index (χ2n) is 4.02. The van der Waals surface area contributed by atoms with E-state index in [0.717, 1.165) is 4.57 Å². The van der Waals surface area contributed by atoms with Crippen molar-refractivity contribution in [2.24, 2.45) is 0 Å². The molecule has 100 valence electrons. The lowest BCUT2D eigenvalue weighted by atomic mass is 10.2. The molecule has 19 heavy (non-hydrogen) atoms. The lowest BCUT2D eigenvalue weighted by Crippen LogP contribution is -2.39. The van der Waals surface area contributed by atoms with E-state index in [0.29, 0.717) is 12.1 Å². The average Bonchev–Trinajstić information content (AvgIpc) is 2.39. The van der Waals surface area contributed by atoms with Crippen LogP contribution in [0.25, 0.3) is 0 Å². The molecule has 0 atom stereocenters. The summed E-state index contributed by atoms with van der Waals surface area (Å²) in [5, 5.41) is -0.0688. The number of hydrogen-bond acceptors (Lipinski definition) is 2. The molecular formula is C13H12ClFN2O2. The van der Waals surface area contributed by atoms with Gasteiger partial charge in [-0.15, -0.1) is 0 Å². The van der Waals surface area contributed by atoms with Crippen molar-refractivity contribution in [2.75, 3.05) is 0 Å². The molecule has 4 nitrogen and oxygen atoms in total. The van der Waals surface area contributed by atoms with E-state index in [1.54, 1.807) is 13.0 Å². The Morgan fingerprint density at radius 1 is 1.26 bits per heavy atom. The van der Waals surface area contributed by atoms with Gasteiger partial charge in [0.2, 0.25) is 0 Å². The number of benzene rings is 1. The molecule has 6 heteroatoms. The fourth-order valence-corrected chi connectivity index (χ4v) is 1.97. The van der Waals surface area contributed by atoms with Gasteiger partial charge in [0.25, 0.3) is 5.56 Å². The molecule has 1 aromatic carbocycles. The molecule has 1 aromatic heterocycles. The zero-order valence-corrected chi connectivity index (χ0v) is 11.0. The van der Waals surface area contributed by atoms with Gasteiger partial charge in [0.1, 0.15) is 5.82 Å². The van der Waals surface area contributed by atoms with Gasteiger partial charge in [-0.3, -0.25) is 9.36 Å². The van der Waals surface area contributed by atoms with Crippen LogP contribution in [-0.2, 0) is 13.1 Å². The van der Waals surface area contributed by atoms with E-state index in [9.17, 15) is 14.0 Å². The van der Waals surface area contributed by atoms with Crippen LogP contribution in [0.2, 0.25) is 5.02 Å². The molecule has 0 aliphatic carbocycles. The van der Waals surface area contributed by atoms with Crippen molar-refractivity contribution in [3.8, 4) is 0 Å². The fourth-order valence-electron chi connectivity index (χ4n) is 1.78. The molecular weight excluding hydrogens is 271 g/mol. The predicted octanol–water partition coefficient (Wildman–Crippen LogP) is 1.87. The van der Waals surface area contributed by atoms with Crippen LogP contribution < -0.4 is 11.2 Å². The number of hydrogen-bond donors (Lipinski definition) is 0. The molecule has 2 rings (SSSR count). The van der Waals surface area contributed by atoms with Gasteiger partial charge >= 0.3 is 5.69 Å². The van der Waals surface area contributed by atoms with Gasteiger partial charge in [0.15, 0.2) is 0 Å². The largest absolute Gasteiger partial charge is 0.331 e. The Bertz CT molecular complexity index is 721. The maximum Gasteiger partial charge on any atom is 0.331 e. The summed E-state index contributed by atoms with van der Waals surface area (Å²) in [5.41, 5.74) is -0.472. The van der Waals surface area contributed by atoms with Gasteiger partial charge in [-0.2, -0.15) is 0 Å². The van der Waals surface area contributed by atoms with Crippen LogP contribution in [0, 0.1) is 5.82 Å². The van der Waals surface area contributed by atoms with Gasteiger partial charge in [0.05, 0.1) is 11.6 Å². The van der Waals surface area contributed by atoms with Crippen LogP contribution in [0.1, 0.15) is 12.5 Å². The molecule has 0 N–H and O–H groups in total. The highest BCUT2D eigenvalue weighted by Gasteiger charge is 2.10. The molecule has 1 heterocycles. The van der Waals surface area contributed by atoms with Crippen LogP contribution >= 0.6 is 11.6 Å². The molecule has 0 unspecified atom stereocenters. The fraction of sp³-hybridized carbons (Fsp3) is 0.231. The Labute approximate surface area is 113 Å². The first-order chi connectivity index (χ1) is 9.04. The maximum atomic E-state index is 13.3. The predicted molar refractivity (Wildman–Crippen MR) is 71.1 cm³/mol. The highest BCUT2D eigenvalue weighted by Crippen LogP contribution is 2.19.